The minimum Gasteiger partial charge on any atom is -0.481 e. The number of nitrogens with two attached hydrogens (primary N) is 1. The van der Waals surface area contributed by atoms with Crippen LogP contribution in [0, 0.1) is 0 Å². The molecule has 0 spiro atoms. The van der Waals surface area contributed by atoms with E-state index < -0.39 is 11.6 Å². The topological polar surface area (TPSA) is 75.9 Å². The Balaban J connectivity index is 1.50. The van der Waals surface area contributed by atoms with Crippen molar-refractivity contribution in [2.75, 3.05) is 26.2 Å². The Bertz CT molecular complexity index is 660. The van der Waals surface area contributed by atoms with E-state index in [4.69, 9.17) is 10.5 Å². The van der Waals surface area contributed by atoms with Gasteiger partial charge in [0.2, 0.25) is 5.91 Å². The predicted octanol–water partition coefficient (Wildman–Crippen LogP) is 1.96. The molecule has 2 amide bonds. The van der Waals surface area contributed by atoms with Crippen molar-refractivity contribution in [3.8, 4) is 5.75 Å². The SMILES string of the molecule is CCc1ccc(OC(C)C(=O)N2CCN(C(=O)C3(N)CCCC3)CC2)cc1. The number of carbonyl (C=O) groups is 2. The van der Waals surface area contributed by atoms with Crippen molar-refractivity contribution in [1.82, 2.24) is 9.80 Å². The fourth-order valence-electron chi connectivity index (χ4n) is 3.98. The van der Waals surface area contributed by atoms with Crippen LogP contribution in [0.2, 0.25) is 0 Å². The van der Waals surface area contributed by atoms with E-state index in [2.05, 4.69) is 6.92 Å². The molecule has 1 heterocycles. The number of ether oxygens (including phenoxy) is 1. The zero-order valence-electron chi connectivity index (χ0n) is 16.4. The van der Waals surface area contributed by atoms with Gasteiger partial charge in [-0.3, -0.25) is 9.59 Å². The van der Waals surface area contributed by atoms with Gasteiger partial charge >= 0.3 is 0 Å². The van der Waals surface area contributed by atoms with Gasteiger partial charge in [-0.25, -0.2) is 0 Å². The van der Waals surface area contributed by atoms with E-state index in [-0.39, 0.29) is 11.8 Å². The van der Waals surface area contributed by atoms with Crippen molar-refractivity contribution in [3.63, 3.8) is 0 Å². The molecule has 1 unspecified atom stereocenters. The van der Waals surface area contributed by atoms with Crippen LogP contribution in [0.5, 0.6) is 5.75 Å². The van der Waals surface area contributed by atoms with Gasteiger partial charge in [-0.15, -0.1) is 0 Å². The molecule has 0 aromatic heterocycles. The maximum absolute atomic E-state index is 12.7. The molecule has 1 atom stereocenters. The molecule has 1 aliphatic heterocycles. The Morgan fingerprint density at radius 3 is 2.19 bits per heavy atom. The van der Waals surface area contributed by atoms with Gasteiger partial charge < -0.3 is 20.3 Å². The first-order chi connectivity index (χ1) is 12.9. The molecular weight excluding hydrogens is 342 g/mol. The number of carbonyl (C=O) groups excluding carboxylic acids is 2. The quantitative estimate of drug-likeness (QED) is 0.856. The first-order valence-electron chi connectivity index (χ1n) is 10.1. The van der Waals surface area contributed by atoms with Gasteiger partial charge in [0.15, 0.2) is 6.10 Å². The van der Waals surface area contributed by atoms with Crippen LogP contribution in [-0.4, -0.2) is 59.4 Å². The average molecular weight is 373 g/mol. The Morgan fingerprint density at radius 2 is 1.63 bits per heavy atom. The summed E-state index contributed by atoms with van der Waals surface area (Å²) in [5, 5.41) is 0. The lowest BCUT2D eigenvalue weighted by Gasteiger charge is -2.39. The predicted molar refractivity (Wildman–Crippen MR) is 104 cm³/mol. The second-order valence-corrected chi connectivity index (χ2v) is 7.74. The lowest BCUT2D eigenvalue weighted by Crippen LogP contribution is -2.59. The first-order valence-corrected chi connectivity index (χ1v) is 10.1. The van der Waals surface area contributed by atoms with Crippen LogP contribution < -0.4 is 10.5 Å². The van der Waals surface area contributed by atoms with Gasteiger partial charge in [0.05, 0.1) is 5.54 Å². The highest BCUT2D eigenvalue weighted by molar-refractivity contribution is 5.87. The van der Waals surface area contributed by atoms with E-state index in [1.165, 1.54) is 5.56 Å². The standard InChI is InChI=1S/C21H31N3O3/c1-3-17-6-8-18(9-7-17)27-16(2)19(25)23-12-14-24(15-13-23)20(26)21(22)10-4-5-11-21/h6-9,16H,3-5,10-15,22H2,1-2H3. The van der Waals surface area contributed by atoms with Gasteiger partial charge in [0.25, 0.3) is 5.91 Å². The number of aryl methyl sites for hydroxylation is 1. The summed E-state index contributed by atoms with van der Waals surface area (Å²) in [6.45, 7) is 6.03. The number of hydrogen-bond acceptors (Lipinski definition) is 4. The molecule has 0 bridgehead atoms. The highest BCUT2D eigenvalue weighted by atomic mass is 16.5. The number of amides is 2. The number of rotatable bonds is 5. The van der Waals surface area contributed by atoms with Crippen LogP contribution in [0.15, 0.2) is 24.3 Å². The lowest BCUT2D eigenvalue weighted by molar-refractivity contribution is -0.146. The van der Waals surface area contributed by atoms with Crippen LogP contribution >= 0.6 is 0 Å². The first kappa shape index (κ1) is 19.7. The molecule has 27 heavy (non-hydrogen) atoms. The van der Waals surface area contributed by atoms with E-state index in [1.807, 2.05) is 29.2 Å². The van der Waals surface area contributed by atoms with E-state index in [0.717, 1.165) is 32.1 Å². The maximum Gasteiger partial charge on any atom is 0.263 e. The lowest BCUT2D eigenvalue weighted by atomic mass is 9.97. The zero-order chi connectivity index (χ0) is 19.4. The van der Waals surface area contributed by atoms with Crippen molar-refractivity contribution in [1.29, 1.82) is 0 Å². The smallest absolute Gasteiger partial charge is 0.263 e. The molecule has 6 nitrogen and oxygen atoms in total. The Morgan fingerprint density at radius 1 is 1.07 bits per heavy atom. The van der Waals surface area contributed by atoms with Crippen molar-refractivity contribution < 1.29 is 14.3 Å². The van der Waals surface area contributed by atoms with Crippen molar-refractivity contribution in [2.45, 2.75) is 57.6 Å². The van der Waals surface area contributed by atoms with Crippen LogP contribution in [0.4, 0.5) is 0 Å². The van der Waals surface area contributed by atoms with Crippen LogP contribution in [0.25, 0.3) is 0 Å². The third-order valence-electron chi connectivity index (χ3n) is 5.79. The Kier molecular flexibility index (Phi) is 6.05. The molecule has 1 aromatic rings. The number of hydrogen-bond donors (Lipinski definition) is 1. The van der Waals surface area contributed by atoms with Crippen LogP contribution in [0.1, 0.15) is 45.1 Å². The molecule has 148 valence electrons. The summed E-state index contributed by atoms with van der Waals surface area (Å²) in [7, 11) is 0. The summed E-state index contributed by atoms with van der Waals surface area (Å²) in [4.78, 5) is 29.0. The molecule has 6 heteroatoms. The molecule has 2 N–H and O–H groups in total. The van der Waals surface area contributed by atoms with Gasteiger partial charge in [-0.2, -0.15) is 0 Å². The summed E-state index contributed by atoms with van der Waals surface area (Å²) in [6.07, 6.45) is 4.01. The molecule has 3 rings (SSSR count). The van der Waals surface area contributed by atoms with E-state index in [0.29, 0.717) is 31.9 Å². The molecule has 1 saturated heterocycles. The van der Waals surface area contributed by atoms with E-state index in [9.17, 15) is 9.59 Å². The third kappa shape index (κ3) is 4.43. The highest BCUT2D eigenvalue weighted by Gasteiger charge is 2.41. The summed E-state index contributed by atoms with van der Waals surface area (Å²) < 4.78 is 5.81. The fourth-order valence-corrected chi connectivity index (χ4v) is 3.98. The second kappa shape index (κ2) is 8.30. The summed E-state index contributed by atoms with van der Waals surface area (Å²) in [6, 6.07) is 7.84. The molecule has 0 radical (unpaired) electrons. The van der Waals surface area contributed by atoms with Gasteiger partial charge in [-0.05, 0) is 43.9 Å². The monoisotopic (exact) mass is 373 g/mol. The number of nitrogens with zero attached hydrogens (tertiary/aromatic N) is 2. The van der Waals surface area contributed by atoms with Gasteiger partial charge in [0, 0.05) is 26.2 Å². The largest absolute Gasteiger partial charge is 0.481 e. The number of benzene rings is 1. The molecule has 1 saturated carbocycles. The van der Waals surface area contributed by atoms with Crippen molar-refractivity contribution >= 4 is 11.8 Å². The van der Waals surface area contributed by atoms with Crippen LogP contribution in [0.3, 0.4) is 0 Å². The van der Waals surface area contributed by atoms with Crippen LogP contribution in [-0.2, 0) is 16.0 Å². The third-order valence-corrected chi connectivity index (χ3v) is 5.79. The highest BCUT2D eigenvalue weighted by Crippen LogP contribution is 2.29. The van der Waals surface area contributed by atoms with Gasteiger partial charge in [-0.1, -0.05) is 31.9 Å². The van der Waals surface area contributed by atoms with E-state index in [1.54, 1.807) is 11.8 Å². The minimum absolute atomic E-state index is 0.0370. The van der Waals surface area contributed by atoms with E-state index >= 15 is 0 Å². The molecule has 1 aliphatic carbocycles. The Hall–Kier alpha value is -2.08. The normalized spacial score (nSPS) is 20.4. The maximum atomic E-state index is 12.7. The summed E-state index contributed by atoms with van der Waals surface area (Å²) >= 11 is 0. The Labute approximate surface area is 161 Å². The van der Waals surface area contributed by atoms with Crippen molar-refractivity contribution in [3.05, 3.63) is 29.8 Å². The molecule has 1 aromatic carbocycles. The molecule has 2 aliphatic rings. The zero-order valence-corrected chi connectivity index (χ0v) is 16.4. The average Bonchev–Trinajstić information content (AvgIpc) is 3.15. The summed E-state index contributed by atoms with van der Waals surface area (Å²) in [5.74, 6) is 0.713. The number of piperazine rings is 1. The molecular formula is C21H31N3O3. The van der Waals surface area contributed by atoms with Crippen molar-refractivity contribution in [2.24, 2.45) is 5.73 Å². The second-order valence-electron chi connectivity index (χ2n) is 7.74. The van der Waals surface area contributed by atoms with Gasteiger partial charge in [0.1, 0.15) is 5.75 Å². The minimum atomic E-state index is -0.687. The molecule has 2 fully saturated rings. The summed E-state index contributed by atoms with van der Waals surface area (Å²) in [5.41, 5.74) is 6.84. The fraction of sp³-hybridized carbons (Fsp3) is 0.619.